The SMILES string of the molecule is COCCOc1ccc(S(=O)(=O)NCCC(C)c2ccccc2)cc1C. The van der Waals surface area contributed by atoms with Crippen molar-refractivity contribution in [3.8, 4) is 5.75 Å². The maximum atomic E-state index is 12.5. The topological polar surface area (TPSA) is 64.6 Å². The lowest BCUT2D eigenvalue weighted by Crippen LogP contribution is -2.25. The van der Waals surface area contributed by atoms with Gasteiger partial charge in [-0.1, -0.05) is 37.3 Å². The Bertz CT molecular complexity index is 791. The van der Waals surface area contributed by atoms with E-state index in [0.29, 0.717) is 25.5 Å². The van der Waals surface area contributed by atoms with Crippen LogP contribution in [0.1, 0.15) is 30.4 Å². The number of aryl methyl sites for hydroxylation is 1. The third-order valence-corrected chi connectivity index (χ3v) is 5.70. The van der Waals surface area contributed by atoms with Crippen molar-refractivity contribution in [1.29, 1.82) is 0 Å². The van der Waals surface area contributed by atoms with Crippen molar-refractivity contribution in [3.63, 3.8) is 0 Å². The summed E-state index contributed by atoms with van der Waals surface area (Å²) in [6, 6.07) is 15.0. The molecule has 5 nitrogen and oxygen atoms in total. The molecule has 0 amide bonds. The monoisotopic (exact) mass is 377 g/mol. The number of nitrogens with one attached hydrogen (secondary N) is 1. The summed E-state index contributed by atoms with van der Waals surface area (Å²) >= 11 is 0. The van der Waals surface area contributed by atoms with Crippen molar-refractivity contribution >= 4 is 10.0 Å². The maximum absolute atomic E-state index is 12.5. The highest BCUT2D eigenvalue weighted by Crippen LogP contribution is 2.22. The van der Waals surface area contributed by atoms with Crippen molar-refractivity contribution in [2.45, 2.75) is 31.1 Å². The summed E-state index contributed by atoms with van der Waals surface area (Å²) in [7, 11) is -1.93. The molecule has 0 spiro atoms. The molecule has 2 rings (SSSR count). The van der Waals surface area contributed by atoms with Crippen LogP contribution in [-0.4, -0.2) is 35.3 Å². The van der Waals surface area contributed by atoms with Gasteiger partial charge in [-0.25, -0.2) is 13.1 Å². The van der Waals surface area contributed by atoms with E-state index in [9.17, 15) is 8.42 Å². The molecule has 1 atom stereocenters. The van der Waals surface area contributed by atoms with Crippen molar-refractivity contribution in [2.24, 2.45) is 0 Å². The lowest BCUT2D eigenvalue weighted by molar-refractivity contribution is 0.146. The van der Waals surface area contributed by atoms with Crippen molar-refractivity contribution in [2.75, 3.05) is 26.9 Å². The zero-order chi connectivity index (χ0) is 19.0. The summed E-state index contributed by atoms with van der Waals surface area (Å²) in [5.74, 6) is 0.955. The number of benzene rings is 2. The molecule has 0 saturated carbocycles. The quantitative estimate of drug-likeness (QED) is 0.644. The standard InChI is InChI=1S/C20H27NO4S/c1-16(18-7-5-4-6-8-18)11-12-21-26(22,23)19-9-10-20(17(2)15-19)25-14-13-24-3/h4-10,15-16,21H,11-14H2,1-3H3. The van der Waals surface area contributed by atoms with Gasteiger partial charge in [0.25, 0.3) is 0 Å². The van der Waals surface area contributed by atoms with E-state index in [2.05, 4.69) is 23.8 Å². The summed E-state index contributed by atoms with van der Waals surface area (Å²) in [4.78, 5) is 0.251. The molecule has 0 radical (unpaired) electrons. The molecule has 0 bridgehead atoms. The molecule has 1 unspecified atom stereocenters. The van der Waals surface area contributed by atoms with Gasteiger partial charge in [-0.2, -0.15) is 0 Å². The Morgan fingerprint density at radius 1 is 1.08 bits per heavy atom. The fraction of sp³-hybridized carbons (Fsp3) is 0.400. The minimum Gasteiger partial charge on any atom is -0.491 e. The molecule has 0 aliphatic carbocycles. The second kappa shape index (κ2) is 9.71. The molecule has 0 aliphatic rings. The smallest absolute Gasteiger partial charge is 0.240 e. The Hall–Kier alpha value is -1.89. The van der Waals surface area contributed by atoms with E-state index in [1.165, 1.54) is 5.56 Å². The van der Waals surface area contributed by atoms with Gasteiger partial charge in [-0.15, -0.1) is 0 Å². The van der Waals surface area contributed by atoms with Crippen molar-refractivity contribution < 1.29 is 17.9 Å². The van der Waals surface area contributed by atoms with Gasteiger partial charge in [0, 0.05) is 13.7 Å². The first-order valence-corrected chi connectivity index (χ1v) is 10.2. The predicted molar refractivity (Wildman–Crippen MR) is 103 cm³/mol. The Morgan fingerprint density at radius 2 is 1.81 bits per heavy atom. The average Bonchev–Trinajstić information content (AvgIpc) is 2.63. The van der Waals surface area contributed by atoms with E-state index in [1.807, 2.05) is 25.1 Å². The molecular formula is C20H27NO4S. The van der Waals surface area contributed by atoms with Crippen LogP contribution in [0, 0.1) is 6.92 Å². The molecule has 0 fully saturated rings. The second-order valence-corrected chi connectivity index (χ2v) is 8.03. The normalized spacial score (nSPS) is 12.7. The van der Waals surface area contributed by atoms with E-state index in [-0.39, 0.29) is 10.8 Å². The molecule has 2 aromatic rings. The fourth-order valence-electron chi connectivity index (χ4n) is 2.63. The largest absolute Gasteiger partial charge is 0.491 e. The lowest BCUT2D eigenvalue weighted by atomic mass is 9.98. The third-order valence-electron chi connectivity index (χ3n) is 4.24. The first kappa shape index (κ1) is 20.4. The van der Waals surface area contributed by atoms with Crippen LogP contribution < -0.4 is 9.46 Å². The predicted octanol–water partition coefficient (Wildman–Crippen LogP) is 3.49. The van der Waals surface area contributed by atoms with E-state index in [0.717, 1.165) is 12.0 Å². The van der Waals surface area contributed by atoms with E-state index in [1.54, 1.807) is 25.3 Å². The van der Waals surface area contributed by atoms with Crippen molar-refractivity contribution in [3.05, 3.63) is 59.7 Å². The van der Waals surface area contributed by atoms with Crippen LogP contribution in [-0.2, 0) is 14.8 Å². The summed E-state index contributed by atoms with van der Waals surface area (Å²) in [5, 5.41) is 0. The fourth-order valence-corrected chi connectivity index (χ4v) is 3.76. The molecule has 142 valence electrons. The van der Waals surface area contributed by atoms with Crippen molar-refractivity contribution in [1.82, 2.24) is 4.72 Å². The van der Waals surface area contributed by atoms with Crippen LogP contribution in [0.25, 0.3) is 0 Å². The number of rotatable bonds is 10. The minimum absolute atomic E-state index is 0.251. The zero-order valence-electron chi connectivity index (χ0n) is 15.6. The first-order valence-electron chi connectivity index (χ1n) is 8.71. The molecule has 0 aliphatic heterocycles. The van der Waals surface area contributed by atoms with Gasteiger partial charge < -0.3 is 9.47 Å². The number of sulfonamides is 1. The molecule has 26 heavy (non-hydrogen) atoms. The Morgan fingerprint density at radius 3 is 2.46 bits per heavy atom. The Kier molecular flexibility index (Phi) is 7.63. The number of hydrogen-bond donors (Lipinski definition) is 1. The van der Waals surface area contributed by atoms with Crippen LogP contribution in [0.4, 0.5) is 0 Å². The van der Waals surface area contributed by atoms with Crippen LogP contribution in [0.5, 0.6) is 5.75 Å². The molecule has 0 aromatic heterocycles. The summed E-state index contributed by atoms with van der Waals surface area (Å²) < 4.78 is 38.2. The van der Waals surface area contributed by atoms with Crippen LogP contribution >= 0.6 is 0 Å². The van der Waals surface area contributed by atoms with E-state index >= 15 is 0 Å². The summed E-state index contributed by atoms with van der Waals surface area (Å²) in [6.45, 7) is 5.24. The highest BCUT2D eigenvalue weighted by atomic mass is 32.2. The number of ether oxygens (including phenoxy) is 2. The lowest BCUT2D eigenvalue weighted by Gasteiger charge is -2.14. The molecule has 0 heterocycles. The second-order valence-electron chi connectivity index (χ2n) is 6.27. The molecule has 1 N–H and O–H groups in total. The van der Waals surface area contributed by atoms with Gasteiger partial charge in [-0.05, 0) is 48.6 Å². The molecular weight excluding hydrogens is 350 g/mol. The number of methoxy groups -OCH3 is 1. The Balaban J connectivity index is 1.93. The highest BCUT2D eigenvalue weighted by Gasteiger charge is 2.16. The molecule has 0 saturated heterocycles. The average molecular weight is 378 g/mol. The van der Waals surface area contributed by atoms with Gasteiger partial charge in [0.05, 0.1) is 11.5 Å². The van der Waals surface area contributed by atoms with E-state index < -0.39 is 10.0 Å². The first-order chi connectivity index (χ1) is 12.4. The summed E-state index contributed by atoms with van der Waals surface area (Å²) in [5.41, 5.74) is 1.99. The van der Waals surface area contributed by atoms with Gasteiger partial charge in [0.1, 0.15) is 12.4 Å². The third kappa shape index (κ3) is 5.83. The number of hydrogen-bond acceptors (Lipinski definition) is 4. The van der Waals surface area contributed by atoms with E-state index in [4.69, 9.17) is 9.47 Å². The van der Waals surface area contributed by atoms with Gasteiger partial charge in [0.2, 0.25) is 10.0 Å². The molecule has 2 aromatic carbocycles. The van der Waals surface area contributed by atoms with Crippen LogP contribution in [0.15, 0.2) is 53.4 Å². The minimum atomic E-state index is -3.53. The van der Waals surface area contributed by atoms with Gasteiger partial charge >= 0.3 is 0 Å². The molecule has 6 heteroatoms. The zero-order valence-corrected chi connectivity index (χ0v) is 16.4. The van der Waals surface area contributed by atoms with Crippen LogP contribution in [0.3, 0.4) is 0 Å². The maximum Gasteiger partial charge on any atom is 0.240 e. The van der Waals surface area contributed by atoms with Crippen LogP contribution in [0.2, 0.25) is 0 Å². The Labute approximate surface area is 156 Å². The highest BCUT2D eigenvalue weighted by molar-refractivity contribution is 7.89. The van der Waals surface area contributed by atoms with Gasteiger partial charge in [-0.3, -0.25) is 0 Å². The summed E-state index contributed by atoms with van der Waals surface area (Å²) in [6.07, 6.45) is 0.737. The van der Waals surface area contributed by atoms with Gasteiger partial charge in [0.15, 0.2) is 0 Å².